The number of hydrogen-bond donors (Lipinski definition) is 1. The number of carbonyl (C=O) groups is 3. The van der Waals surface area contributed by atoms with Crippen molar-refractivity contribution in [1.29, 1.82) is 0 Å². The van der Waals surface area contributed by atoms with Gasteiger partial charge in [-0.25, -0.2) is 0 Å². The molecule has 6 nitrogen and oxygen atoms in total. The zero-order valence-electron chi connectivity index (χ0n) is 18.7. The van der Waals surface area contributed by atoms with E-state index in [2.05, 4.69) is 6.92 Å². The number of rotatable bonds is 15. The fourth-order valence-corrected chi connectivity index (χ4v) is 3.98. The molecule has 1 saturated heterocycles. The average Bonchev–Trinajstić information content (AvgIpc) is 3.02. The number of ether oxygens (including phenoxy) is 1. The first kappa shape index (κ1) is 25.6. The molecule has 1 fully saturated rings. The van der Waals surface area contributed by atoms with Crippen molar-refractivity contribution in [2.75, 3.05) is 13.2 Å². The molecule has 0 radical (unpaired) electrons. The van der Waals surface area contributed by atoms with E-state index in [9.17, 15) is 19.5 Å². The number of hydrogen-bond acceptors (Lipinski definition) is 5. The highest BCUT2D eigenvalue weighted by molar-refractivity contribution is 5.92. The van der Waals surface area contributed by atoms with Crippen molar-refractivity contribution in [3.63, 3.8) is 0 Å². The molecule has 1 amide bonds. The molecule has 168 valence electrons. The van der Waals surface area contributed by atoms with E-state index in [1.165, 1.54) is 0 Å². The van der Waals surface area contributed by atoms with Crippen LogP contribution in [0.2, 0.25) is 0 Å². The lowest BCUT2D eigenvalue weighted by Gasteiger charge is -2.29. The van der Waals surface area contributed by atoms with Gasteiger partial charge in [-0.15, -0.1) is 0 Å². The predicted molar refractivity (Wildman–Crippen MR) is 113 cm³/mol. The number of unbranched alkanes of at least 4 members (excludes halogenated alkanes) is 6. The average molecular weight is 412 g/mol. The first-order valence-electron chi connectivity index (χ1n) is 11.5. The Morgan fingerprint density at radius 2 is 1.79 bits per heavy atom. The molecule has 1 aliphatic heterocycles. The van der Waals surface area contributed by atoms with Gasteiger partial charge in [-0.05, 0) is 33.1 Å². The Balaban J connectivity index is 2.36. The van der Waals surface area contributed by atoms with E-state index < -0.39 is 5.60 Å². The summed E-state index contributed by atoms with van der Waals surface area (Å²) >= 11 is 0. The molecule has 0 aromatic rings. The van der Waals surface area contributed by atoms with Gasteiger partial charge in [0.1, 0.15) is 0 Å². The van der Waals surface area contributed by atoms with E-state index >= 15 is 0 Å². The second-order valence-corrected chi connectivity index (χ2v) is 8.56. The number of likely N-dealkylation sites (tertiary alicyclic amines) is 1. The third-order valence-corrected chi connectivity index (χ3v) is 5.68. The molecule has 1 aliphatic rings. The first-order chi connectivity index (χ1) is 13.8. The molecular weight excluding hydrogens is 370 g/mol. The number of aliphatic hydroxyl groups is 1. The van der Waals surface area contributed by atoms with Crippen LogP contribution in [0.3, 0.4) is 0 Å². The minimum absolute atomic E-state index is 0.0858. The summed E-state index contributed by atoms with van der Waals surface area (Å²) in [5.74, 6) is -0.131. The number of amides is 1. The third-order valence-electron chi connectivity index (χ3n) is 5.68. The third kappa shape index (κ3) is 10.2. The van der Waals surface area contributed by atoms with Crippen molar-refractivity contribution >= 4 is 17.7 Å². The van der Waals surface area contributed by atoms with Gasteiger partial charge in [0.15, 0.2) is 5.78 Å². The number of carbonyl (C=O) groups excluding carboxylic acids is 3. The Kier molecular flexibility index (Phi) is 12.1. The SMILES string of the molecule is CCCCCCC(C)(O)CC(=O)N1CCC(=O)C1CCCCCCC(=O)OCC. The van der Waals surface area contributed by atoms with Crippen molar-refractivity contribution < 1.29 is 24.2 Å². The molecule has 0 aromatic carbocycles. The molecule has 2 unspecified atom stereocenters. The number of Topliss-reactive ketones (excluding diaryl/α,β-unsaturated/α-hetero) is 1. The van der Waals surface area contributed by atoms with Crippen LogP contribution in [0.15, 0.2) is 0 Å². The van der Waals surface area contributed by atoms with E-state index in [1.807, 2.05) is 0 Å². The van der Waals surface area contributed by atoms with Gasteiger partial charge in [0.05, 0.1) is 24.7 Å². The van der Waals surface area contributed by atoms with E-state index in [0.717, 1.165) is 51.4 Å². The minimum Gasteiger partial charge on any atom is -0.466 e. The summed E-state index contributed by atoms with van der Waals surface area (Å²) in [7, 11) is 0. The molecule has 1 N–H and O–H groups in total. The number of esters is 1. The fourth-order valence-electron chi connectivity index (χ4n) is 3.98. The first-order valence-corrected chi connectivity index (χ1v) is 11.5. The standard InChI is InChI=1S/C23H41NO5/c1-4-6-7-12-16-23(3,28)18-21(26)24-17-15-20(25)19(24)13-10-8-9-11-14-22(27)29-5-2/h19,28H,4-18H2,1-3H3. The van der Waals surface area contributed by atoms with Gasteiger partial charge in [-0.3, -0.25) is 14.4 Å². The van der Waals surface area contributed by atoms with Gasteiger partial charge in [-0.2, -0.15) is 0 Å². The van der Waals surface area contributed by atoms with Gasteiger partial charge < -0.3 is 14.7 Å². The Labute approximate surface area is 176 Å². The zero-order chi connectivity index (χ0) is 21.7. The molecule has 1 rings (SSSR count). The Morgan fingerprint density at radius 1 is 1.10 bits per heavy atom. The second-order valence-electron chi connectivity index (χ2n) is 8.56. The maximum atomic E-state index is 12.7. The minimum atomic E-state index is -1.01. The summed E-state index contributed by atoms with van der Waals surface area (Å²) in [6, 6.07) is -0.344. The summed E-state index contributed by atoms with van der Waals surface area (Å²) in [5.41, 5.74) is -1.01. The summed E-state index contributed by atoms with van der Waals surface area (Å²) in [6.07, 6.45) is 10.00. The lowest BCUT2D eigenvalue weighted by Crippen LogP contribution is -2.42. The van der Waals surface area contributed by atoms with Gasteiger partial charge >= 0.3 is 5.97 Å². The molecular formula is C23H41NO5. The second kappa shape index (κ2) is 13.7. The molecule has 29 heavy (non-hydrogen) atoms. The van der Waals surface area contributed by atoms with E-state index in [4.69, 9.17) is 4.74 Å². The Bertz CT molecular complexity index is 517. The van der Waals surface area contributed by atoms with Crippen LogP contribution in [-0.4, -0.2) is 52.5 Å². The largest absolute Gasteiger partial charge is 0.466 e. The number of nitrogens with zero attached hydrogens (tertiary/aromatic N) is 1. The van der Waals surface area contributed by atoms with Crippen LogP contribution < -0.4 is 0 Å². The lowest BCUT2D eigenvalue weighted by atomic mass is 9.93. The van der Waals surface area contributed by atoms with Crippen molar-refractivity contribution in [1.82, 2.24) is 4.90 Å². The van der Waals surface area contributed by atoms with Crippen LogP contribution in [0.4, 0.5) is 0 Å². The molecule has 0 saturated carbocycles. The maximum Gasteiger partial charge on any atom is 0.305 e. The van der Waals surface area contributed by atoms with Crippen LogP contribution >= 0.6 is 0 Å². The molecule has 0 aromatic heterocycles. The van der Waals surface area contributed by atoms with Crippen molar-refractivity contribution in [2.24, 2.45) is 0 Å². The molecule has 0 aliphatic carbocycles. The van der Waals surface area contributed by atoms with Gasteiger partial charge in [0, 0.05) is 19.4 Å². The molecule has 1 heterocycles. The highest BCUT2D eigenvalue weighted by atomic mass is 16.5. The highest BCUT2D eigenvalue weighted by Gasteiger charge is 2.37. The Morgan fingerprint density at radius 3 is 2.48 bits per heavy atom. The molecule has 2 atom stereocenters. The van der Waals surface area contributed by atoms with Crippen LogP contribution in [0.1, 0.15) is 104 Å². The predicted octanol–water partition coefficient (Wildman–Crippen LogP) is 4.17. The smallest absolute Gasteiger partial charge is 0.305 e. The summed E-state index contributed by atoms with van der Waals surface area (Å²) in [6.45, 7) is 6.56. The molecule has 0 spiro atoms. The van der Waals surface area contributed by atoms with Crippen LogP contribution in [0, 0.1) is 0 Å². The quantitative estimate of drug-likeness (QED) is 0.323. The number of ketones is 1. The van der Waals surface area contributed by atoms with Crippen LogP contribution in [0.25, 0.3) is 0 Å². The highest BCUT2D eigenvalue weighted by Crippen LogP contribution is 2.25. The van der Waals surface area contributed by atoms with Crippen LogP contribution in [0.5, 0.6) is 0 Å². The van der Waals surface area contributed by atoms with Gasteiger partial charge in [-0.1, -0.05) is 51.9 Å². The summed E-state index contributed by atoms with van der Waals surface area (Å²) < 4.78 is 4.91. The van der Waals surface area contributed by atoms with E-state index in [0.29, 0.717) is 38.8 Å². The van der Waals surface area contributed by atoms with Gasteiger partial charge in [0.2, 0.25) is 5.91 Å². The molecule has 6 heteroatoms. The fraction of sp³-hybridized carbons (Fsp3) is 0.870. The zero-order valence-corrected chi connectivity index (χ0v) is 18.7. The summed E-state index contributed by atoms with van der Waals surface area (Å²) in [4.78, 5) is 38.0. The van der Waals surface area contributed by atoms with Crippen molar-refractivity contribution in [3.05, 3.63) is 0 Å². The topological polar surface area (TPSA) is 83.9 Å². The lowest BCUT2D eigenvalue weighted by molar-refractivity contribution is -0.143. The van der Waals surface area contributed by atoms with Gasteiger partial charge in [0.25, 0.3) is 0 Å². The van der Waals surface area contributed by atoms with E-state index in [1.54, 1.807) is 18.7 Å². The van der Waals surface area contributed by atoms with Crippen LogP contribution in [-0.2, 0) is 19.1 Å². The molecule has 0 bridgehead atoms. The normalized spacial score (nSPS) is 18.7. The monoisotopic (exact) mass is 411 g/mol. The van der Waals surface area contributed by atoms with Crippen molar-refractivity contribution in [3.8, 4) is 0 Å². The summed E-state index contributed by atoms with van der Waals surface area (Å²) in [5, 5.41) is 10.6. The van der Waals surface area contributed by atoms with E-state index in [-0.39, 0.29) is 30.1 Å². The maximum absolute atomic E-state index is 12.7. The van der Waals surface area contributed by atoms with Crippen molar-refractivity contribution in [2.45, 2.75) is 116 Å². The Hall–Kier alpha value is -1.43.